The number of imidazole rings is 1. The van der Waals surface area contributed by atoms with Crippen molar-refractivity contribution in [2.75, 3.05) is 26.3 Å². The SMILES string of the molecule is Fc1cccc(C[C@@H]2COCCN(Cc3ncc[nH]3)C2)c1. The van der Waals surface area contributed by atoms with Gasteiger partial charge in [-0.25, -0.2) is 9.37 Å². The van der Waals surface area contributed by atoms with Gasteiger partial charge >= 0.3 is 0 Å². The summed E-state index contributed by atoms with van der Waals surface area (Å²) in [4.78, 5) is 9.75. The van der Waals surface area contributed by atoms with Gasteiger partial charge in [0.25, 0.3) is 0 Å². The molecule has 1 aliphatic heterocycles. The standard InChI is InChI=1S/C16H20FN3O/c17-15-3-1-2-13(9-15)8-14-10-20(6-7-21-12-14)11-16-18-4-5-19-16/h1-5,9,14H,6-8,10-12H2,(H,18,19)/t14-/m0/s1. The Bertz CT molecular complexity index is 558. The second-order valence-corrected chi connectivity index (χ2v) is 5.55. The molecule has 1 aromatic carbocycles. The summed E-state index contributed by atoms with van der Waals surface area (Å²) in [6, 6.07) is 6.84. The van der Waals surface area contributed by atoms with E-state index in [4.69, 9.17) is 4.74 Å². The van der Waals surface area contributed by atoms with Crippen molar-refractivity contribution in [3.63, 3.8) is 0 Å². The molecule has 1 fully saturated rings. The van der Waals surface area contributed by atoms with Crippen molar-refractivity contribution in [1.29, 1.82) is 0 Å². The Morgan fingerprint density at radius 3 is 3.19 bits per heavy atom. The number of H-pyrrole nitrogens is 1. The molecule has 0 amide bonds. The third-order valence-corrected chi connectivity index (χ3v) is 3.76. The average Bonchev–Trinajstić information content (AvgIpc) is 2.86. The average molecular weight is 289 g/mol. The van der Waals surface area contributed by atoms with Crippen LogP contribution in [-0.2, 0) is 17.7 Å². The first-order valence-corrected chi connectivity index (χ1v) is 7.32. The number of rotatable bonds is 4. The predicted molar refractivity (Wildman–Crippen MR) is 78.3 cm³/mol. The van der Waals surface area contributed by atoms with E-state index in [2.05, 4.69) is 14.9 Å². The molecule has 2 heterocycles. The van der Waals surface area contributed by atoms with Crippen LogP contribution in [0.3, 0.4) is 0 Å². The lowest BCUT2D eigenvalue weighted by molar-refractivity contribution is 0.121. The summed E-state index contributed by atoms with van der Waals surface area (Å²) in [5.74, 6) is 1.18. The Balaban J connectivity index is 1.62. The minimum Gasteiger partial charge on any atom is -0.380 e. The second kappa shape index (κ2) is 6.83. The van der Waals surface area contributed by atoms with E-state index in [0.717, 1.165) is 50.7 Å². The molecule has 0 unspecified atom stereocenters. The van der Waals surface area contributed by atoms with Crippen molar-refractivity contribution in [2.24, 2.45) is 5.92 Å². The van der Waals surface area contributed by atoms with Crippen molar-refractivity contribution in [2.45, 2.75) is 13.0 Å². The maximum absolute atomic E-state index is 13.3. The molecule has 3 rings (SSSR count). The van der Waals surface area contributed by atoms with E-state index in [1.54, 1.807) is 18.3 Å². The molecule has 0 aliphatic carbocycles. The lowest BCUT2D eigenvalue weighted by atomic mass is 9.99. The van der Waals surface area contributed by atoms with Crippen molar-refractivity contribution in [3.05, 3.63) is 53.9 Å². The van der Waals surface area contributed by atoms with Gasteiger partial charge in [-0.1, -0.05) is 12.1 Å². The summed E-state index contributed by atoms with van der Waals surface area (Å²) in [5.41, 5.74) is 1.03. The Labute approximate surface area is 124 Å². The lowest BCUT2D eigenvalue weighted by Crippen LogP contribution is -2.30. The third kappa shape index (κ3) is 4.12. The van der Waals surface area contributed by atoms with Crippen LogP contribution in [0, 0.1) is 11.7 Å². The van der Waals surface area contributed by atoms with E-state index in [1.807, 2.05) is 12.3 Å². The third-order valence-electron chi connectivity index (χ3n) is 3.76. The first-order valence-electron chi connectivity index (χ1n) is 7.32. The highest BCUT2D eigenvalue weighted by Gasteiger charge is 2.19. The van der Waals surface area contributed by atoms with Crippen LogP contribution in [0.15, 0.2) is 36.7 Å². The zero-order chi connectivity index (χ0) is 14.5. The molecule has 1 aromatic heterocycles. The number of aromatic nitrogens is 2. The van der Waals surface area contributed by atoms with E-state index < -0.39 is 0 Å². The minimum atomic E-state index is -0.172. The molecule has 1 N–H and O–H groups in total. The summed E-state index contributed by atoms with van der Waals surface area (Å²) in [6.07, 6.45) is 4.45. The molecule has 1 atom stereocenters. The van der Waals surface area contributed by atoms with Crippen LogP contribution < -0.4 is 0 Å². The van der Waals surface area contributed by atoms with Gasteiger partial charge in [0.05, 0.1) is 19.8 Å². The van der Waals surface area contributed by atoms with E-state index in [9.17, 15) is 4.39 Å². The Kier molecular flexibility index (Phi) is 4.62. The fourth-order valence-corrected chi connectivity index (χ4v) is 2.81. The van der Waals surface area contributed by atoms with Gasteiger partial charge in [-0.2, -0.15) is 0 Å². The smallest absolute Gasteiger partial charge is 0.123 e. The molecule has 0 spiro atoms. The normalized spacial score (nSPS) is 20.3. The summed E-state index contributed by atoms with van der Waals surface area (Å²) in [5, 5.41) is 0. The zero-order valence-electron chi connectivity index (χ0n) is 12.0. The number of ether oxygens (including phenoxy) is 1. The van der Waals surface area contributed by atoms with Crippen LogP contribution in [0.25, 0.3) is 0 Å². The molecule has 0 radical (unpaired) electrons. The van der Waals surface area contributed by atoms with Crippen molar-refractivity contribution < 1.29 is 9.13 Å². The summed E-state index contributed by atoms with van der Waals surface area (Å²) >= 11 is 0. The van der Waals surface area contributed by atoms with Crippen LogP contribution in [0.1, 0.15) is 11.4 Å². The van der Waals surface area contributed by atoms with E-state index in [0.29, 0.717) is 5.92 Å². The van der Waals surface area contributed by atoms with Crippen LogP contribution >= 0.6 is 0 Å². The highest BCUT2D eigenvalue weighted by atomic mass is 19.1. The minimum absolute atomic E-state index is 0.172. The summed E-state index contributed by atoms with van der Waals surface area (Å²) in [7, 11) is 0. The molecule has 5 heteroatoms. The quantitative estimate of drug-likeness (QED) is 0.938. The molecule has 21 heavy (non-hydrogen) atoms. The first-order chi connectivity index (χ1) is 10.3. The molecule has 112 valence electrons. The number of hydrogen-bond acceptors (Lipinski definition) is 3. The molecular formula is C16H20FN3O. The van der Waals surface area contributed by atoms with Gasteiger partial charge in [0, 0.05) is 25.5 Å². The number of halogens is 1. The number of nitrogens with zero attached hydrogens (tertiary/aromatic N) is 2. The molecule has 4 nitrogen and oxygen atoms in total. The maximum Gasteiger partial charge on any atom is 0.123 e. The van der Waals surface area contributed by atoms with Gasteiger partial charge in [-0.15, -0.1) is 0 Å². The fourth-order valence-electron chi connectivity index (χ4n) is 2.81. The molecule has 1 saturated heterocycles. The van der Waals surface area contributed by atoms with E-state index in [-0.39, 0.29) is 5.82 Å². The lowest BCUT2D eigenvalue weighted by Gasteiger charge is -2.22. The van der Waals surface area contributed by atoms with Crippen molar-refractivity contribution in [1.82, 2.24) is 14.9 Å². The number of hydrogen-bond donors (Lipinski definition) is 1. The van der Waals surface area contributed by atoms with Gasteiger partial charge in [0.2, 0.25) is 0 Å². The number of nitrogens with one attached hydrogen (secondary N) is 1. The number of benzene rings is 1. The maximum atomic E-state index is 13.3. The van der Waals surface area contributed by atoms with E-state index in [1.165, 1.54) is 6.07 Å². The topological polar surface area (TPSA) is 41.1 Å². The Hall–Kier alpha value is -1.72. The van der Waals surface area contributed by atoms with Gasteiger partial charge in [-0.05, 0) is 30.0 Å². The van der Waals surface area contributed by atoms with Gasteiger partial charge in [-0.3, -0.25) is 4.90 Å². The molecular weight excluding hydrogens is 269 g/mol. The van der Waals surface area contributed by atoms with Crippen LogP contribution in [0.4, 0.5) is 4.39 Å². The molecule has 2 aromatic rings. The van der Waals surface area contributed by atoms with Crippen LogP contribution in [0.5, 0.6) is 0 Å². The first kappa shape index (κ1) is 14.2. The molecule has 1 aliphatic rings. The second-order valence-electron chi connectivity index (χ2n) is 5.55. The highest BCUT2D eigenvalue weighted by molar-refractivity contribution is 5.17. The summed E-state index contributed by atoms with van der Waals surface area (Å²) in [6.45, 7) is 4.11. The van der Waals surface area contributed by atoms with Crippen LogP contribution in [0.2, 0.25) is 0 Å². The monoisotopic (exact) mass is 289 g/mol. The van der Waals surface area contributed by atoms with Gasteiger partial charge in [0.15, 0.2) is 0 Å². The molecule has 0 bridgehead atoms. The Morgan fingerprint density at radius 1 is 1.43 bits per heavy atom. The molecule has 0 saturated carbocycles. The highest BCUT2D eigenvalue weighted by Crippen LogP contribution is 2.16. The van der Waals surface area contributed by atoms with E-state index >= 15 is 0 Å². The number of aromatic amines is 1. The largest absolute Gasteiger partial charge is 0.380 e. The van der Waals surface area contributed by atoms with Gasteiger partial charge in [0.1, 0.15) is 11.6 Å². The zero-order valence-corrected chi connectivity index (χ0v) is 12.0. The van der Waals surface area contributed by atoms with Crippen molar-refractivity contribution >= 4 is 0 Å². The van der Waals surface area contributed by atoms with Crippen LogP contribution in [-0.4, -0.2) is 41.2 Å². The Morgan fingerprint density at radius 2 is 2.38 bits per heavy atom. The summed E-state index contributed by atoms with van der Waals surface area (Å²) < 4.78 is 19.0. The fraction of sp³-hybridized carbons (Fsp3) is 0.438. The van der Waals surface area contributed by atoms with Crippen molar-refractivity contribution in [3.8, 4) is 0 Å². The predicted octanol–water partition coefficient (Wildman–Crippen LogP) is 2.24. The van der Waals surface area contributed by atoms with Gasteiger partial charge < -0.3 is 9.72 Å².